The van der Waals surface area contributed by atoms with E-state index in [1.54, 1.807) is 4.90 Å². The van der Waals surface area contributed by atoms with E-state index in [1.807, 2.05) is 91.9 Å². The summed E-state index contributed by atoms with van der Waals surface area (Å²) in [5.74, 6) is 0.697. The molecule has 0 fully saturated rings. The molecule has 0 aliphatic carbocycles. The van der Waals surface area contributed by atoms with Crippen LogP contribution in [-0.2, 0) is 28.3 Å². The van der Waals surface area contributed by atoms with E-state index < -0.39 is 6.04 Å². The molecule has 0 saturated carbocycles. The van der Waals surface area contributed by atoms with Gasteiger partial charge in [-0.3, -0.25) is 9.59 Å². The van der Waals surface area contributed by atoms with E-state index in [9.17, 15) is 9.59 Å². The zero-order valence-electron chi connectivity index (χ0n) is 18.7. The average molecular weight is 481 g/mol. The Balaban J connectivity index is 1.81. The largest absolute Gasteiger partial charge is 0.355 e. The molecule has 0 radical (unpaired) electrons. The summed E-state index contributed by atoms with van der Waals surface area (Å²) < 4.78 is 0. The van der Waals surface area contributed by atoms with Gasteiger partial charge in [0.05, 0.1) is 5.75 Å². The van der Waals surface area contributed by atoms with Gasteiger partial charge in [0.15, 0.2) is 0 Å². The zero-order valence-corrected chi connectivity index (χ0v) is 20.3. The molecule has 0 spiro atoms. The Morgan fingerprint density at radius 1 is 0.909 bits per heavy atom. The van der Waals surface area contributed by atoms with E-state index in [-0.39, 0.29) is 17.6 Å². The van der Waals surface area contributed by atoms with Gasteiger partial charge in [0.2, 0.25) is 11.8 Å². The maximum absolute atomic E-state index is 13.5. The van der Waals surface area contributed by atoms with Crippen molar-refractivity contribution in [2.75, 3.05) is 12.3 Å². The van der Waals surface area contributed by atoms with Gasteiger partial charge in [-0.1, -0.05) is 90.5 Å². The fourth-order valence-electron chi connectivity index (χ4n) is 3.57. The first-order chi connectivity index (χ1) is 16.1. The molecule has 1 atom stereocenters. The van der Waals surface area contributed by atoms with E-state index in [0.29, 0.717) is 30.3 Å². The van der Waals surface area contributed by atoms with Gasteiger partial charge in [-0.25, -0.2) is 0 Å². The molecule has 0 aliphatic heterocycles. The molecule has 33 heavy (non-hydrogen) atoms. The molecule has 1 N–H and O–H groups in total. The fourth-order valence-corrected chi connectivity index (χ4v) is 4.77. The summed E-state index contributed by atoms with van der Waals surface area (Å²) in [4.78, 5) is 28.3. The van der Waals surface area contributed by atoms with Gasteiger partial charge in [0, 0.05) is 30.3 Å². The smallest absolute Gasteiger partial charge is 0.243 e. The number of amides is 2. The van der Waals surface area contributed by atoms with Crippen molar-refractivity contribution < 1.29 is 9.59 Å². The number of nitrogens with zero attached hydrogens (tertiary/aromatic N) is 1. The lowest BCUT2D eigenvalue weighted by Gasteiger charge is -2.31. The molecule has 3 aromatic rings. The minimum atomic E-state index is -0.596. The van der Waals surface area contributed by atoms with Crippen LogP contribution in [0.3, 0.4) is 0 Å². The SMILES string of the molecule is CCNC(=O)C(Cc1ccccc1)N(Cc1ccccc1)C(=O)CSCc1ccccc1Cl. The second-order valence-electron chi connectivity index (χ2n) is 7.69. The molecule has 0 saturated heterocycles. The number of carbonyl (C=O) groups excluding carboxylic acids is 2. The number of hydrogen-bond donors (Lipinski definition) is 1. The lowest BCUT2D eigenvalue weighted by molar-refractivity contribution is -0.139. The van der Waals surface area contributed by atoms with Crippen LogP contribution in [0.5, 0.6) is 0 Å². The summed E-state index contributed by atoms with van der Waals surface area (Å²) in [7, 11) is 0. The summed E-state index contributed by atoms with van der Waals surface area (Å²) in [6.45, 7) is 2.78. The molecule has 6 heteroatoms. The topological polar surface area (TPSA) is 49.4 Å². The Morgan fingerprint density at radius 2 is 1.52 bits per heavy atom. The van der Waals surface area contributed by atoms with Crippen LogP contribution in [0.25, 0.3) is 0 Å². The second kappa shape index (κ2) is 13.1. The molecular formula is C27H29ClN2O2S. The highest BCUT2D eigenvalue weighted by Gasteiger charge is 2.30. The van der Waals surface area contributed by atoms with Crippen LogP contribution in [0.2, 0.25) is 5.02 Å². The van der Waals surface area contributed by atoms with Crippen LogP contribution < -0.4 is 5.32 Å². The Hall–Kier alpha value is -2.76. The van der Waals surface area contributed by atoms with E-state index in [0.717, 1.165) is 16.7 Å². The summed E-state index contributed by atoms with van der Waals surface area (Å²) in [6.07, 6.45) is 0.459. The van der Waals surface area contributed by atoms with E-state index in [1.165, 1.54) is 11.8 Å². The number of nitrogens with one attached hydrogen (secondary N) is 1. The highest BCUT2D eigenvalue weighted by Crippen LogP contribution is 2.22. The maximum atomic E-state index is 13.5. The third-order valence-corrected chi connectivity index (χ3v) is 6.59. The van der Waals surface area contributed by atoms with Crippen molar-refractivity contribution in [3.05, 3.63) is 107 Å². The number of halogens is 1. The number of hydrogen-bond acceptors (Lipinski definition) is 3. The number of benzene rings is 3. The summed E-state index contributed by atoms with van der Waals surface area (Å²) >= 11 is 7.77. The molecule has 4 nitrogen and oxygen atoms in total. The Bertz CT molecular complexity index is 1030. The minimum absolute atomic E-state index is 0.0666. The van der Waals surface area contributed by atoms with Gasteiger partial charge in [-0.2, -0.15) is 0 Å². The van der Waals surface area contributed by atoms with Crippen LogP contribution in [-0.4, -0.2) is 35.1 Å². The third kappa shape index (κ3) is 7.65. The lowest BCUT2D eigenvalue weighted by atomic mass is 10.0. The normalized spacial score (nSPS) is 11.6. The zero-order chi connectivity index (χ0) is 23.5. The van der Waals surface area contributed by atoms with Crippen LogP contribution in [0, 0.1) is 0 Å². The molecule has 3 aromatic carbocycles. The van der Waals surface area contributed by atoms with Crippen LogP contribution >= 0.6 is 23.4 Å². The summed E-state index contributed by atoms with van der Waals surface area (Å²) in [5.41, 5.74) is 3.00. The van der Waals surface area contributed by atoms with Gasteiger partial charge in [-0.05, 0) is 29.7 Å². The van der Waals surface area contributed by atoms with Crippen molar-refractivity contribution in [2.24, 2.45) is 0 Å². The highest BCUT2D eigenvalue weighted by atomic mass is 35.5. The van der Waals surface area contributed by atoms with Crippen molar-refractivity contribution in [3.63, 3.8) is 0 Å². The van der Waals surface area contributed by atoms with Gasteiger partial charge >= 0.3 is 0 Å². The highest BCUT2D eigenvalue weighted by molar-refractivity contribution is 7.99. The van der Waals surface area contributed by atoms with Gasteiger partial charge in [0.1, 0.15) is 6.04 Å². The molecule has 2 amide bonds. The second-order valence-corrected chi connectivity index (χ2v) is 9.08. The van der Waals surface area contributed by atoms with E-state index >= 15 is 0 Å². The molecule has 0 aromatic heterocycles. The third-order valence-electron chi connectivity index (χ3n) is 5.26. The predicted octanol–water partition coefficient (Wildman–Crippen LogP) is 5.35. The Labute approximate surface area is 205 Å². The van der Waals surface area contributed by atoms with Crippen molar-refractivity contribution >= 4 is 35.2 Å². The fraction of sp³-hybridized carbons (Fsp3) is 0.259. The quantitative estimate of drug-likeness (QED) is 0.402. The van der Waals surface area contributed by atoms with Crippen molar-refractivity contribution in [3.8, 4) is 0 Å². The number of rotatable bonds is 11. The van der Waals surface area contributed by atoms with Crippen molar-refractivity contribution in [2.45, 2.75) is 31.7 Å². The first-order valence-corrected chi connectivity index (χ1v) is 12.6. The number of thioether (sulfide) groups is 1. The summed E-state index contributed by atoms with van der Waals surface area (Å²) in [6, 6.07) is 26.7. The maximum Gasteiger partial charge on any atom is 0.243 e. The number of carbonyl (C=O) groups is 2. The Morgan fingerprint density at radius 3 is 2.15 bits per heavy atom. The van der Waals surface area contributed by atoms with Crippen LogP contribution in [0.15, 0.2) is 84.9 Å². The Kier molecular flexibility index (Phi) is 9.85. The van der Waals surface area contributed by atoms with E-state index in [2.05, 4.69) is 5.32 Å². The molecule has 1 unspecified atom stereocenters. The molecular weight excluding hydrogens is 452 g/mol. The molecule has 0 aliphatic rings. The first-order valence-electron chi connectivity index (χ1n) is 11.0. The van der Waals surface area contributed by atoms with Crippen molar-refractivity contribution in [1.82, 2.24) is 10.2 Å². The molecule has 172 valence electrons. The van der Waals surface area contributed by atoms with Gasteiger partial charge in [-0.15, -0.1) is 11.8 Å². The monoisotopic (exact) mass is 480 g/mol. The van der Waals surface area contributed by atoms with Crippen molar-refractivity contribution in [1.29, 1.82) is 0 Å². The predicted molar refractivity (Wildman–Crippen MR) is 137 cm³/mol. The lowest BCUT2D eigenvalue weighted by Crippen LogP contribution is -2.51. The van der Waals surface area contributed by atoms with Gasteiger partial charge < -0.3 is 10.2 Å². The van der Waals surface area contributed by atoms with Crippen LogP contribution in [0.1, 0.15) is 23.6 Å². The average Bonchev–Trinajstić information content (AvgIpc) is 2.84. The molecule has 0 bridgehead atoms. The van der Waals surface area contributed by atoms with Crippen LogP contribution in [0.4, 0.5) is 0 Å². The molecule has 3 rings (SSSR count). The minimum Gasteiger partial charge on any atom is -0.355 e. The van der Waals surface area contributed by atoms with E-state index in [4.69, 9.17) is 11.6 Å². The summed E-state index contributed by atoms with van der Waals surface area (Å²) in [5, 5.41) is 3.62. The standard InChI is InChI=1S/C27H29ClN2O2S/c1-2-29-27(32)25(17-21-11-5-3-6-12-21)30(18-22-13-7-4-8-14-22)26(31)20-33-19-23-15-9-10-16-24(23)28/h3-16,25H,2,17-20H2,1H3,(H,29,32). The number of likely N-dealkylation sites (N-methyl/N-ethyl adjacent to an activating group) is 1. The van der Waals surface area contributed by atoms with Gasteiger partial charge in [0.25, 0.3) is 0 Å². The first kappa shape index (κ1) is 24.9. The molecule has 0 heterocycles.